The Bertz CT molecular complexity index is 654. The fourth-order valence-corrected chi connectivity index (χ4v) is 2.58. The molecule has 0 aliphatic rings. The van der Waals surface area contributed by atoms with Crippen LogP contribution in [0.3, 0.4) is 0 Å². The third-order valence-electron chi connectivity index (χ3n) is 2.23. The van der Waals surface area contributed by atoms with Crippen molar-refractivity contribution in [2.75, 3.05) is 5.32 Å². The van der Waals surface area contributed by atoms with Crippen molar-refractivity contribution in [3.8, 4) is 0 Å². The van der Waals surface area contributed by atoms with Gasteiger partial charge in [0.15, 0.2) is 5.15 Å². The van der Waals surface area contributed by atoms with Gasteiger partial charge in [-0.2, -0.15) is 0 Å². The average molecular weight is 455 g/mol. The van der Waals surface area contributed by atoms with Crippen LogP contribution in [0.5, 0.6) is 0 Å². The van der Waals surface area contributed by atoms with E-state index in [-0.39, 0.29) is 16.9 Å². The van der Waals surface area contributed by atoms with Gasteiger partial charge in [0.05, 0.1) is 11.3 Å². The van der Waals surface area contributed by atoms with Gasteiger partial charge in [-0.3, -0.25) is 4.79 Å². The molecule has 0 bridgehead atoms. The lowest BCUT2D eigenvalue weighted by atomic mass is 10.2. The van der Waals surface area contributed by atoms with Gasteiger partial charge in [0, 0.05) is 14.2 Å². The van der Waals surface area contributed by atoms with E-state index in [0.29, 0.717) is 19.3 Å². The summed E-state index contributed by atoms with van der Waals surface area (Å²) in [6, 6.07) is 5.59. The molecule has 2 rings (SSSR count). The number of rotatable bonds is 2. The van der Waals surface area contributed by atoms with Crippen LogP contribution in [0.15, 0.2) is 34.9 Å². The number of nitrogens with one attached hydrogen (secondary N) is 1. The second-order valence-electron chi connectivity index (χ2n) is 3.57. The summed E-state index contributed by atoms with van der Waals surface area (Å²) < 4.78 is 14.2. The molecule has 98 valence electrons. The van der Waals surface area contributed by atoms with Crippen LogP contribution in [0, 0.1) is 9.39 Å². The number of benzene rings is 1. The smallest absolute Gasteiger partial charge is 0.256 e. The van der Waals surface area contributed by atoms with E-state index < -0.39 is 0 Å². The van der Waals surface area contributed by atoms with Crippen molar-refractivity contribution in [1.29, 1.82) is 0 Å². The molecule has 0 aliphatic carbocycles. The van der Waals surface area contributed by atoms with Gasteiger partial charge in [-0.15, -0.1) is 0 Å². The quantitative estimate of drug-likeness (QED) is 0.536. The lowest BCUT2D eigenvalue weighted by Gasteiger charge is -2.08. The second-order valence-corrected chi connectivity index (χ2v) is 6.01. The number of carbonyl (C=O) groups is 1. The number of pyridine rings is 1. The number of halogens is 4. The molecule has 0 atom stereocenters. The first-order chi connectivity index (χ1) is 8.97. The summed E-state index contributed by atoms with van der Waals surface area (Å²) in [7, 11) is 0. The van der Waals surface area contributed by atoms with Crippen LogP contribution in [0.25, 0.3) is 0 Å². The number of hydrogen-bond donors (Lipinski definition) is 1. The second kappa shape index (κ2) is 6.15. The third-order valence-corrected chi connectivity index (χ3v) is 3.86. The van der Waals surface area contributed by atoms with Gasteiger partial charge in [-0.25, -0.2) is 9.37 Å². The maximum absolute atomic E-state index is 13.0. The van der Waals surface area contributed by atoms with E-state index >= 15 is 0 Å². The molecule has 0 radical (unpaired) electrons. The molecule has 0 aliphatic heterocycles. The topological polar surface area (TPSA) is 42.0 Å². The van der Waals surface area contributed by atoms with Crippen LogP contribution < -0.4 is 5.32 Å². The molecule has 0 spiro atoms. The normalized spacial score (nSPS) is 10.3. The molecule has 1 aromatic carbocycles. The average Bonchev–Trinajstić information content (AvgIpc) is 2.33. The van der Waals surface area contributed by atoms with E-state index in [1.165, 1.54) is 24.4 Å². The summed E-state index contributed by atoms with van der Waals surface area (Å²) in [6.45, 7) is 0. The highest BCUT2D eigenvalue weighted by Gasteiger charge is 2.13. The lowest BCUT2D eigenvalue weighted by Crippen LogP contribution is -2.14. The Labute approximate surface area is 135 Å². The van der Waals surface area contributed by atoms with Crippen LogP contribution in [0.4, 0.5) is 10.1 Å². The Morgan fingerprint density at radius 3 is 2.84 bits per heavy atom. The van der Waals surface area contributed by atoms with E-state index in [0.717, 1.165) is 0 Å². The van der Waals surface area contributed by atoms with Crippen molar-refractivity contribution < 1.29 is 9.18 Å². The van der Waals surface area contributed by atoms with Gasteiger partial charge in [0.25, 0.3) is 5.91 Å². The van der Waals surface area contributed by atoms with Crippen molar-refractivity contribution >= 4 is 61.7 Å². The zero-order valence-corrected chi connectivity index (χ0v) is 13.8. The molecule has 7 heteroatoms. The molecule has 19 heavy (non-hydrogen) atoms. The Morgan fingerprint density at radius 2 is 2.16 bits per heavy atom. The third kappa shape index (κ3) is 3.64. The van der Waals surface area contributed by atoms with Crippen LogP contribution in [0.2, 0.25) is 5.15 Å². The Kier molecular flexibility index (Phi) is 4.75. The van der Waals surface area contributed by atoms with Crippen molar-refractivity contribution in [3.63, 3.8) is 0 Å². The van der Waals surface area contributed by atoms with Crippen molar-refractivity contribution in [3.05, 3.63) is 55.0 Å². The molecule has 0 fully saturated rings. The Hall–Kier alpha value is -0.730. The van der Waals surface area contributed by atoms with Crippen LogP contribution in [-0.4, -0.2) is 10.9 Å². The number of hydrogen-bond acceptors (Lipinski definition) is 2. The molecule has 0 unspecified atom stereocenters. The standard InChI is InChI=1S/C12H6BrClFIN2O/c13-6-3-10(11(14)17-5-6)18-12(19)8-2-1-7(15)4-9(8)16/h1-5H,(H,18,19). The summed E-state index contributed by atoms with van der Waals surface area (Å²) in [6.07, 6.45) is 1.53. The number of carbonyl (C=O) groups excluding carboxylic acids is 1. The molecule has 2 aromatic rings. The van der Waals surface area contributed by atoms with E-state index in [2.05, 4.69) is 26.2 Å². The minimum Gasteiger partial charge on any atom is -0.319 e. The zero-order valence-electron chi connectivity index (χ0n) is 9.25. The number of nitrogens with zero attached hydrogens (tertiary/aromatic N) is 1. The number of amides is 1. The van der Waals surface area contributed by atoms with Gasteiger partial charge in [0.2, 0.25) is 0 Å². The van der Waals surface area contributed by atoms with E-state index in [4.69, 9.17) is 11.6 Å². The van der Waals surface area contributed by atoms with Crippen molar-refractivity contribution in [2.24, 2.45) is 0 Å². The SMILES string of the molecule is O=C(Nc1cc(Br)cnc1Cl)c1ccc(F)cc1I. The van der Waals surface area contributed by atoms with Gasteiger partial charge in [-0.05, 0) is 62.8 Å². The Morgan fingerprint density at radius 1 is 1.42 bits per heavy atom. The molecule has 3 nitrogen and oxygen atoms in total. The Balaban J connectivity index is 2.28. The van der Waals surface area contributed by atoms with Crippen LogP contribution in [0.1, 0.15) is 10.4 Å². The summed E-state index contributed by atoms with van der Waals surface area (Å²) in [5, 5.41) is 2.83. The lowest BCUT2D eigenvalue weighted by molar-refractivity contribution is 0.102. The predicted octanol–water partition coefficient (Wildman–Crippen LogP) is 4.49. The van der Waals surface area contributed by atoms with E-state index in [1.807, 2.05) is 22.6 Å². The highest BCUT2D eigenvalue weighted by atomic mass is 127. The first-order valence-corrected chi connectivity index (χ1v) is 7.30. The molecule has 1 amide bonds. The van der Waals surface area contributed by atoms with Gasteiger partial charge < -0.3 is 5.32 Å². The molecule has 0 saturated carbocycles. The van der Waals surface area contributed by atoms with Gasteiger partial charge >= 0.3 is 0 Å². The molecule has 1 N–H and O–H groups in total. The summed E-state index contributed by atoms with van der Waals surface area (Å²) in [5.41, 5.74) is 0.763. The number of anilines is 1. The van der Waals surface area contributed by atoms with Crippen molar-refractivity contribution in [1.82, 2.24) is 4.98 Å². The number of aromatic nitrogens is 1. The highest BCUT2D eigenvalue weighted by molar-refractivity contribution is 14.1. The predicted molar refractivity (Wildman–Crippen MR) is 84.0 cm³/mol. The molecular weight excluding hydrogens is 449 g/mol. The van der Waals surface area contributed by atoms with Crippen molar-refractivity contribution in [2.45, 2.75) is 0 Å². The van der Waals surface area contributed by atoms with Crippen LogP contribution >= 0.6 is 50.1 Å². The molecule has 0 saturated heterocycles. The first-order valence-electron chi connectivity index (χ1n) is 5.05. The van der Waals surface area contributed by atoms with E-state index in [1.54, 1.807) is 6.07 Å². The van der Waals surface area contributed by atoms with E-state index in [9.17, 15) is 9.18 Å². The van der Waals surface area contributed by atoms with Gasteiger partial charge in [-0.1, -0.05) is 11.6 Å². The monoisotopic (exact) mass is 454 g/mol. The van der Waals surface area contributed by atoms with Gasteiger partial charge in [0.1, 0.15) is 5.82 Å². The minimum atomic E-state index is -0.386. The van der Waals surface area contributed by atoms with Crippen LogP contribution in [-0.2, 0) is 0 Å². The first kappa shape index (κ1) is 14.7. The maximum atomic E-state index is 13.0. The fraction of sp³-hybridized carbons (Fsp3) is 0. The molecule has 1 heterocycles. The zero-order chi connectivity index (χ0) is 14.0. The molecule has 1 aromatic heterocycles. The minimum absolute atomic E-state index is 0.189. The molecular formula is C12H6BrClFIN2O. The summed E-state index contributed by atoms with van der Waals surface area (Å²) >= 11 is 11.0. The fourth-order valence-electron chi connectivity index (χ4n) is 1.37. The largest absolute Gasteiger partial charge is 0.319 e. The maximum Gasteiger partial charge on any atom is 0.256 e. The summed E-state index contributed by atoms with van der Waals surface area (Å²) in [5.74, 6) is -0.755. The highest BCUT2D eigenvalue weighted by Crippen LogP contribution is 2.24. The summed E-state index contributed by atoms with van der Waals surface area (Å²) in [4.78, 5) is 16.0.